The molecule has 0 unspecified atom stereocenters. The third kappa shape index (κ3) is 4.04. The van der Waals surface area contributed by atoms with Crippen molar-refractivity contribution in [1.29, 1.82) is 0 Å². The fourth-order valence-electron chi connectivity index (χ4n) is 3.64. The van der Waals surface area contributed by atoms with Crippen molar-refractivity contribution in [2.24, 2.45) is 5.10 Å². The van der Waals surface area contributed by atoms with E-state index in [1.165, 1.54) is 16.3 Å². The molecule has 3 aromatic carbocycles. The molecule has 1 amide bonds. The summed E-state index contributed by atoms with van der Waals surface area (Å²) >= 11 is 9.05. The normalized spacial score (nSPS) is 16.0. The first-order chi connectivity index (χ1) is 16.6. The zero-order valence-electron chi connectivity index (χ0n) is 17.6. The summed E-state index contributed by atoms with van der Waals surface area (Å²) in [5, 5.41) is 7.33. The molecule has 0 saturated heterocycles. The average molecular weight is 506 g/mol. The number of thiazole rings is 1. The van der Waals surface area contributed by atoms with Gasteiger partial charge in [-0.15, -0.1) is 11.8 Å². The fourth-order valence-corrected chi connectivity index (χ4v) is 5.53. The highest BCUT2D eigenvalue weighted by atomic mass is 35.5. The van der Waals surface area contributed by atoms with Crippen molar-refractivity contribution in [1.82, 2.24) is 4.98 Å². The smallest absolute Gasteiger partial charge is 0.282 e. The highest BCUT2D eigenvalue weighted by molar-refractivity contribution is 8.00. The second-order valence-corrected chi connectivity index (χ2v) is 10.0. The SMILES string of the molecule is O=C1C(=Cc2ccc3c(c2)OCO3)C(CSc2ccc(Cl)cc2)=NN1c1nc2ccccc2s1. The summed E-state index contributed by atoms with van der Waals surface area (Å²) in [6.45, 7) is 0.199. The Hall–Kier alpha value is -3.33. The molecular formula is C25H16ClN3O3S2. The van der Waals surface area contributed by atoms with Gasteiger partial charge >= 0.3 is 0 Å². The Morgan fingerprint density at radius 2 is 1.88 bits per heavy atom. The Morgan fingerprint density at radius 3 is 2.74 bits per heavy atom. The Balaban J connectivity index is 1.35. The molecule has 4 aromatic rings. The van der Waals surface area contributed by atoms with Crippen molar-refractivity contribution < 1.29 is 14.3 Å². The van der Waals surface area contributed by atoms with Crippen LogP contribution in [0.1, 0.15) is 5.56 Å². The summed E-state index contributed by atoms with van der Waals surface area (Å²) in [5.74, 6) is 1.67. The molecule has 0 spiro atoms. The van der Waals surface area contributed by atoms with Crippen LogP contribution in [0.25, 0.3) is 16.3 Å². The number of carbonyl (C=O) groups is 1. The summed E-state index contributed by atoms with van der Waals surface area (Å²) in [4.78, 5) is 19.2. The Labute approximate surface area is 208 Å². The Bertz CT molecular complexity index is 1450. The maximum absolute atomic E-state index is 13.5. The van der Waals surface area contributed by atoms with Gasteiger partial charge in [-0.05, 0) is 60.2 Å². The monoisotopic (exact) mass is 505 g/mol. The number of para-hydroxylation sites is 1. The van der Waals surface area contributed by atoms with Crippen LogP contribution in [0.4, 0.5) is 5.13 Å². The van der Waals surface area contributed by atoms with Crippen LogP contribution in [0.5, 0.6) is 11.5 Å². The molecule has 9 heteroatoms. The van der Waals surface area contributed by atoms with Gasteiger partial charge in [0.05, 0.1) is 21.5 Å². The first-order valence-corrected chi connectivity index (χ1v) is 12.6. The van der Waals surface area contributed by atoms with E-state index in [1.54, 1.807) is 11.8 Å². The standard InChI is InChI=1S/C25H16ClN3O3S2/c26-16-6-8-17(9-7-16)33-13-20-18(11-15-5-10-21-22(12-15)32-14-31-21)24(30)29(28-20)25-27-19-3-1-2-4-23(19)34-25/h1-12H,13-14H2. The lowest BCUT2D eigenvalue weighted by atomic mass is 10.1. The van der Waals surface area contributed by atoms with E-state index < -0.39 is 0 Å². The quantitative estimate of drug-likeness (QED) is 0.237. The lowest BCUT2D eigenvalue weighted by molar-refractivity contribution is -0.114. The largest absolute Gasteiger partial charge is 0.454 e. The predicted molar refractivity (Wildman–Crippen MR) is 137 cm³/mol. The molecule has 0 atom stereocenters. The Kier molecular flexibility index (Phi) is 5.49. The number of hydrogen-bond acceptors (Lipinski definition) is 7. The zero-order valence-corrected chi connectivity index (χ0v) is 20.0. The van der Waals surface area contributed by atoms with E-state index >= 15 is 0 Å². The van der Waals surface area contributed by atoms with Gasteiger partial charge in [-0.1, -0.05) is 41.1 Å². The number of nitrogens with zero attached hydrogens (tertiary/aromatic N) is 3. The van der Waals surface area contributed by atoms with Gasteiger partial charge in [-0.3, -0.25) is 4.79 Å². The van der Waals surface area contributed by atoms with Crippen LogP contribution in [0.15, 0.2) is 82.3 Å². The molecule has 2 aliphatic rings. The minimum absolute atomic E-state index is 0.199. The molecule has 0 N–H and O–H groups in total. The van der Waals surface area contributed by atoms with Gasteiger partial charge in [-0.2, -0.15) is 10.1 Å². The molecule has 0 fully saturated rings. The lowest BCUT2D eigenvalue weighted by Crippen LogP contribution is -2.21. The van der Waals surface area contributed by atoms with E-state index in [0.29, 0.717) is 38.7 Å². The summed E-state index contributed by atoms with van der Waals surface area (Å²) in [7, 11) is 0. The van der Waals surface area contributed by atoms with E-state index in [4.69, 9.17) is 26.2 Å². The molecule has 0 bridgehead atoms. The van der Waals surface area contributed by atoms with E-state index in [2.05, 4.69) is 4.98 Å². The third-order valence-electron chi connectivity index (χ3n) is 5.31. The zero-order chi connectivity index (χ0) is 23.1. The van der Waals surface area contributed by atoms with Gasteiger partial charge in [0.25, 0.3) is 5.91 Å². The highest BCUT2D eigenvalue weighted by Crippen LogP contribution is 2.36. The molecule has 6 nitrogen and oxygen atoms in total. The van der Waals surface area contributed by atoms with E-state index in [9.17, 15) is 4.79 Å². The predicted octanol–water partition coefficient (Wildman–Crippen LogP) is 6.26. The van der Waals surface area contributed by atoms with Crippen LogP contribution in [0.2, 0.25) is 5.02 Å². The van der Waals surface area contributed by atoms with Gasteiger partial charge in [0, 0.05) is 15.7 Å². The van der Waals surface area contributed by atoms with Crippen molar-refractivity contribution in [3.63, 3.8) is 0 Å². The third-order valence-corrected chi connectivity index (χ3v) is 7.60. The van der Waals surface area contributed by atoms with E-state index in [1.807, 2.05) is 72.8 Å². The number of thioether (sulfide) groups is 1. The van der Waals surface area contributed by atoms with Gasteiger partial charge in [0.15, 0.2) is 11.5 Å². The summed E-state index contributed by atoms with van der Waals surface area (Å²) < 4.78 is 11.9. The second kappa shape index (κ2) is 8.79. The summed E-state index contributed by atoms with van der Waals surface area (Å²) in [5.41, 5.74) is 2.89. The van der Waals surface area contributed by atoms with Crippen LogP contribution in [-0.4, -0.2) is 29.1 Å². The van der Waals surface area contributed by atoms with Gasteiger partial charge in [0.2, 0.25) is 11.9 Å². The summed E-state index contributed by atoms with van der Waals surface area (Å²) in [6, 6.07) is 21.0. The van der Waals surface area contributed by atoms with Crippen LogP contribution in [-0.2, 0) is 4.79 Å². The first-order valence-electron chi connectivity index (χ1n) is 10.4. The molecule has 34 heavy (non-hydrogen) atoms. The van der Waals surface area contributed by atoms with Crippen LogP contribution < -0.4 is 14.5 Å². The number of halogens is 1. The van der Waals surface area contributed by atoms with Crippen molar-refractivity contribution >= 4 is 67.7 Å². The minimum atomic E-state index is -0.205. The van der Waals surface area contributed by atoms with Crippen LogP contribution >= 0.6 is 34.7 Å². The number of fused-ring (bicyclic) bond motifs is 2. The Morgan fingerprint density at radius 1 is 1.06 bits per heavy atom. The minimum Gasteiger partial charge on any atom is -0.454 e. The van der Waals surface area contributed by atoms with Crippen LogP contribution in [0, 0.1) is 0 Å². The fraction of sp³-hybridized carbons (Fsp3) is 0.0800. The number of anilines is 1. The molecule has 168 valence electrons. The maximum Gasteiger partial charge on any atom is 0.282 e. The number of rotatable bonds is 5. The molecular weight excluding hydrogens is 490 g/mol. The van der Waals surface area contributed by atoms with Gasteiger partial charge < -0.3 is 9.47 Å². The van der Waals surface area contributed by atoms with Gasteiger partial charge in [-0.25, -0.2) is 4.98 Å². The highest BCUT2D eigenvalue weighted by Gasteiger charge is 2.33. The molecule has 6 rings (SSSR count). The van der Waals surface area contributed by atoms with Crippen LogP contribution in [0.3, 0.4) is 0 Å². The van der Waals surface area contributed by atoms with Crippen molar-refractivity contribution in [2.75, 3.05) is 17.6 Å². The maximum atomic E-state index is 13.5. The average Bonchev–Trinajstić information content (AvgIpc) is 3.56. The number of carbonyl (C=O) groups excluding carboxylic acids is 1. The molecule has 2 aliphatic heterocycles. The van der Waals surface area contributed by atoms with Crippen molar-refractivity contribution in [2.45, 2.75) is 4.90 Å². The molecule has 3 heterocycles. The molecule has 1 aromatic heterocycles. The number of aromatic nitrogens is 1. The summed E-state index contributed by atoms with van der Waals surface area (Å²) in [6.07, 6.45) is 1.85. The number of hydrogen-bond donors (Lipinski definition) is 0. The van der Waals surface area contributed by atoms with Gasteiger partial charge in [0.1, 0.15) is 0 Å². The molecule has 0 saturated carbocycles. The van der Waals surface area contributed by atoms with Crippen molar-refractivity contribution in [3.8, 4) is 11.5 Å². The lowest BCUT2D eigenvalue weighted by Gasteiger charge is -2.06. The first kappa shape index (κ1) is 21.2. The van der Waals surface area contributed by atoms with Crippen molar-refractivity contribution in [3.05, 3.63) is 82.9 Å². The topological polar surface area (TPSA) is 64.0 Å². The molecule has 0 aliphatic carbocycles. The number of benzene rings is 3. The number of ether oxygens (including phenoxy) is 2. The molecule has 0 radical (unpaired) electrons. The number of amides is 1. The van der Waals surface area contributed by atoms with E-state index in [0.717, 1.165) is 20.7 Å². The second-order valence-electron chi connectivity index (χ2n) is 7.54. The van der Waals surface area contributed by atoms with E-state index in [-0.39, 0.29) is 12.7 Å². The number of hydrazone groups is 1.